The van der Waals surface area contributed by atoms with Gasteiger partial charge in [-0.05, 0) is 19.8 Å². The number of hydrogen-bond donors (Lipinski definition) is 0. The van der Waals surface area contributed by atoms with Gasteiger partial charge in [0.15, 0.2) is 6.10 Å². The molecule has 5 heteroatoms. The summed E-state index contributed by atoms with van der Waals surface area (Å²) in [5.74, 6) is -0.705. The molecule has 0 spiro atoms. The van der Waals surface area contributed by atoms with Crippen LogP contribution in [0.3, 0.4) is 0 Å². The molecule has 1 aliphatic carbocycles. The zero-order valence-corrected chi connectivity index (χ0v) is 8.73. The Bertz CT molecular complexity index is 210. The summed E-state index contributed by atoms with van der Waals surface area (Å²) < 4.78 is 4.28. The van der Waals surface area contributed by atoms with Crippen LogP contribution < -0.4 is 0 Å². The first-order valence-electron chi connectivity index (χ1n) is 5.14. The maximum absolute atomic E-state index is 11.1. The van der Waals surface area contributed by atoms with Crippen LogP contribution in [0.1, 0.15) is 39.0 Å². The molecule has 0 aromatic carbocycles. The van der Waals surface area contributed by atoms with Gasteiger partial charge in [-0.3, -0.25) is 4.89 Å². The zero-order chi connectivity index (χ0) is 11.1. The number of rotatable bonds is 5. The molecule has 0 bridgehead atoms. The van der Waals surface area contributed by atoms with Crippen LogP contribution in [0.2, 0.25) is 0 Å². The summed E-state index contributed by atoms with van der Waals surface area (Å²) in [6, 6.07) is 0. The Morgan fingerprint density at radius 3 is 2.60 bits per heavy atom. The average molecular weight is 215 g/mol. The second-order valence-corrected chi connectivity index (χ2v) is 3.60. The third kappa shape index (κ3) is 4.29. The van der Waals surface area contributed by atoms with Crippen LogP contribution >= 0.6 is 0 Å². The smallest absolute Gasteiger partial charge is 0.418 e. The minimum atomic E-state index is -0.967. The summed E-state index contributed by atoms with van der Waals surface area (Å²) in [6.07, 6.45) is 4.21. The molecule has 0 aromatic rings. The molecule has 1 rings (SSSR count). The number of ether oxygens (including phenoxy) is 1. The molecule has 85 valence electrons. The van der Waals surface area contributed by atoms with E-state index in [2.05, 4.69) is 9.62 Å². The van der Waals surface area contributed by atoms with Gasteiger partial charge in [0.2, 0.25) is 0 Å². The topological polar surface area (TPSA) is 61.8 Å². The lowest BCUT2D eigenvalue weighted by atomic mass is 9.98. The molecule has 0 amide bonds. The Labute approximate surface area is 88.6 Å². The molecule has 0 heterocycles. The zero-order valence-electron chi connectivity index (χ0n) is 8.73. The maximum Gasteiger partial charge on any atom is 0.418 e. The third-order valence-electron chi connectivity index (χ3n) is 2.38. The van der Waals surface area contributed by atoms with Crippen molar-refractivity contribution in [2.45, 2.75) is 51.2 Å². The van der Waals surface area contributed by atoms with Crippen LogP contribution in [0, 0.1) is 0 Å². The molecule has 0 aromatic heterocycles. The summed E-state index contributed by atoms with van der Waals surface area (Å²) in [6.45, 7) is 2.58. The fourth-order valence-corrected chi connectivity index (χ4v) is 1.46. The van der Waals surface area contributed by atoms with Crippen molar-refractivity contribution in [1.82, 2.24) is 0 Å². The van der Waals surface area contributed by atoms with Crippen LogP contribution in [0.15, 0.2) is 0 Å². The lowest BCUT2D eigenvalue weighted by molar-refractivity contribution is -0.306. The lowest BCUT2D eigenvalue weighted by Crippen LogP contribution is -2.26. The van der Waals surface area contributed by atoms with Gasteiger partial charge in [0.1, 0.15) is 6.10 Å². The minimum absolute atomic E-state index is 0.0184. The van der Waals surface area contributed by atoms with E-state index >= 15 is 0 Å². The Balaban J connectivity index is 2.17. The highest BCUT2D eigenvalue weighted by Crippen LogP contribution is 2.20. The predicted octanol–water partition coefficient (Wildman–Crippen LogP) is 1.27. The van der Waals surface area contributed by atoms with Crippen molar-refractivity contribution in [3.05, 3.63) is 0 Å². The van der Waals surface area contributed by atoms with E-state index in [0.717, 1.165) is 25.7 Å². The van der Waals surface area contributed by atoms with Crippen LogP contribution in [0.5, 0.6) is 0 Å². The quantitative estimate of drug-likeness (QED) is 0.510. The minimum Gasteiger partial charge on any atom is -0.442 e. The van der Waals surface area contributed by atoms with Crippen LogP contribution in [-0.2, 0) is 24.1 Å². The van der Waals surface area contributed by atoms with Gasteiger partial charge in [-0.2, -0.15) is 4.89 Å². The lowest BCUT2D eigenvalue weighted by Gasteiger charge is -2.20. The van der Waals surface area contributed by atoms with E-state index in [4.69, 9.17) is 4.89 Å². The number of carbonyl (C=O) groups is 1. The Morgan fingerprint density at radius 2 is 2.00 bits per heavy atom. The molecule has 1 radical (unpaired) electrons. The molecule has 15 heavy (non-hydrogen) atoms. The van der Waals surface area contributed by atoms with Crippen molar-refractivity contribution in [2.75, 3.05) is 0 Å². The summed E-state index contributed by atoms with van der Waals surface area (Å²) in [5.41, 5.74) is 0. The van der Waals surface area contributed by atoms with Gasteiger partial charge in [-0.1, -0.05) is 19.3 Å². The van der Waals surface area contributed by atoms with Gasteiger partial charge < -0.3 is 4.74 Å². The van der Waals surface area contributed by atoms with E-state index in [0.29, 0.717) is 0 Å². The molecule has 1 aliphatic rings. The van der Waals surface area contributed by atoms with E-state index in [9.17, 15) is 9.59 Å². The summed E-state index contributed by atoms with van der Waals surface area (Å²) in [4.78, 5) is 30.5. The van der Waals surface area contributed by atoms with E-state index < -0.39 is 12.1 Å². The summed E-state index contributed by atoms with van der Waals surface area (Å²) in [7, 11) is 0. The maximum atomic E-state index is 11.1. The van der Waals surface area contributed by atoms with Crippen molar-refractivity contribution >= 4 is 12.4 Å². The molecular weight excluding hydrogens is 200 g/mol. The van der Waals surface area contributed by atoms with Crippen molar-refractivity contribution in [2.24, 2.45) is 0 Å². The first kappa shape index (κ1) is 12.0. The Kier molecular flexibility index (Phi) is 5.10. The van der Waals surface area contributed by atoms with E-state index in [1.165, 1.54) is 19.8 Å². The molecule has 0 saturated heterocycles. The first-order chi connectivity index (χ1) is 7.24. The van der Waals surface area contributed by atoms with Crippen molar-refractivity contribution < 1.29 is 24.1 Å². The molecule has 0 N–H and O–H groups in total. The standard InChI is InChI=1S/C10H15O5/c1-8(13-7-11)10(12)15-14-9-5-3-2-4-6-9/h8-9H,2-6H2,1H3. The fraction of sp³-hybridized carbons (Fsp3) is 0.800. The molecular formula is C10H15O5. The SMILES string of the molecule is CC(O[C]=O)C(=O)OOC1CCCCC1. The first-order valence-corrected chi connectivity index (χ1v) is 5.14. The average Bonchev–Trinajstić information content (AvgIpc) is 2.27. The highest BCUT2D eigenvalue weighted by Gasteiger charge is 2.21. The van der Waals surface area contributed by atoms with Gasteiger partial charge in [0.25, 0.3) is 0 Å². The van der Waals surface area contributed by atoms with Crippen molar-refractivity contribution in [1.29, 1.82) is 0 Å². The van der Waals surface area contributed by atoms with E-state index in [1.807, 2.05) is 0 Å². The van der Waals surface area contributed by atoms with Crippen LogP contribution in [0.25, 0.3) is 0 Å². The van der Waals surface area contributed by atoms with Crippen molar-refractivity contribution in [3.63, 3.8) is 0 Å². The molecule has 1 atom stereocenters. The largest absolute Gasteiger partial charge is 0.442 e. The monoisotopic (exact) mass is 215 g/mol. The molecule has 0 aliphatic heterocycles. The van der Waals surface area contributed by atoms with Crippen molar-refractivity contribution in [3.8, 4) is 0 Å². The van der Waals surface area contributed by atoms with Gasteiger partial charge in [0.05, 0.1) is 0 Å². The predicted molar refractivity (Wildman–Crippen MR) is 50.3 cm³/mol. The molecule has 1 unspecified atom stereocenters. The molecule has 1 saturated carbocycles. The van der Waals surface area contributed by atoms with Gasteiger partial charge in [0, 0.05) is 0 Å². The van der Waals surface area contributed by atoms with Crippen LogP contribution in [0.4, 0.5) is 0 Å². The van der Waals surface area contributed by atoms with Gasteiger partial charge >= 0.3 is 12.4 Å². The number of carbonyl (C=O) groups excluding carboxylic acids is 2. The van der Waals surface area contributed by atoms with Gasteiger partial charge in [-0.15, -0.1) is 0 Å². The summed E-state index contributed by atoms with van der Waals surface area (Å²) in [5, 5.41) is 0. The third-order valence-corrected chi connectivity index (χ3v) is 2.38. The number of hydrogen-bond acceptors (Lipinski definition) is 5. The normalized spacial score (nSPS) is 19.3. The highest BCUT2D eigenvalue weighted by atomic mass is 17.2. The summed E-state index contributed by atoms with van der Waals surface area (Å²) >= 11 is 0. The fourth-order valence-electron chi connectivity index (χ4n) is 1.46. The second-order valence-electron chi connectivity index (χ2n) is 3.60. The van der Waals surface area contributed by atoms with E-state index in [1.54, 1.807) is 0 Å². The van der Waals surface area contributed by atoms with E-state index in [-0.39, 0.29) is 6.10 Å². The second kappa shape index (κ2) is 6.40. The Morgan fingerprint density at radius 1 is 1.33 bits per heavy atom. The molecule has 1 fully saturated rings. The Hall–Kier alpha value is -1.10. The van der Waals surface area contributed by atoms with Crippen LogP contribution in [-0.4, -0.2) is 24.6 Å². The van der Waals surface area contributed by atoms with Gasteiger partial charge in [-0.25, -0.2) is 9.59 Å². The molecule has 5 nitrogen and oxygen atoms in total. The highest BCUT2D eigenvalue weighted by molar-refractivity contribution is 5.74.